The third-order valence-electron chi connectivity index (χ3n) is 5.07. The Bertz CT molecular complexity index is 478. The smallest absolute Gasteiger partial charge is 0.227 e. The molecule has 5 heteroatoms. The normalized spacial score (nSPS) is 23.7. The molecule has 1 N–H and O–H groups in total. The highest BCUT2D eigenvalue weighted by molar-refractivity contribution is 5.79. The third kappa shape index (κ3) is 3.12. The summed E-state index contributed by atoms with van der Waals surface area (Å²) in [5, 5.41) is 7.52. The lowest BCUT2D eigenvalue weighted by Crippen LogP contribution is -2.43. The lowest BCUT2D eigenvalue weighted by atomic mass is 9.88. The van der Waals surface area contributed by atoms with E-state index in [2.05, 4.69) is 10.5 Å². The first kappa shape index (κ1) is 14.6. The highest BCUT2D eigenvalue weighted by atomic mass is 16.5. The van der Waals surface area contributed by atoms with Crippen LogP contribution in [0.25, 0.3) is 0 Å². The molecule has 0 spiro atoms. The van der Waals surface area contributed by atoms with Crippen LogP contribution in [-0.2, 0) is 11.2 Å². The Labute approximate surface area is 126 Å². The second kappa shape index (κ2) is 6.18. The van der Waals surface area contributed by atoms with Crippen LogP contribution >= 0.6 is 0 Å². The molecule has 1 amide bonds. The highest BCUT2D eigenvalue weighted by Crippen LogP contribution is 2.26. The van der Waals surface area contributed by atoms with Crippen molar-refractivity contribution in [2.24, 2.45) is 5.92 Å². The molecule has 2 aliphatic rings. The number of aromatic nitrogens is 1. The zero-order valence-electron chi connectivity index (χ0n) is 13.0. The van der Waals surface area contributed by atoms with Gasteiger partial charge in [0, 0.05) is 24.7 Å². The summed E-state index contributed by atoms with van der Waals surface area (Å²) in [5.74, 6) is 1.73. The van der Waals surface area contributed by atoms with Gasteiger partial charge in [0.25, 0.3) is 0 Å². The maximum atomic E-state index is 12.4. The molecule has 3 rings (SSSR count). The Morgan fingerprint density at radius 3 is 2.67 bits per heavy atom. The number of amides is 1. The molecule has 1 atom stereocenters. The van der Waals surface area contributed by atoms with Gasteiger partial charge in [0.05, 0.1) is 12.1 Å². The van der Waals surface area contributed by atoms with Crippen LogP contribution in [0.5, 0.6) is 0 Å². The minimum absolute atomic E-state index is 0.210. The number of carbonyl (C=O) groups is 1. The number of carbonyl (C=O) groups excluding carboxylic acids is 1. The highest BCUT2D eigenvalue weighted by Gasteiger charge is 2.30. The molecule has 0 aromatic carbocycles. The van der Waals surface area contributed by atoms with E-state index in [1.165, 1.54) is 12.8 Å². The number of aryl methyl sites for hydroxylation is 2. The van der Waals surface area contributed by atoms with Gasteiger partial charge in [0.1, 0.15) is 5.76 Å². The van der Waals surface area contributed by atoms with Crippen LogP contribution in [0.15, 0.2) is 4.52 Å². The largest absolute Gasteiger partial charge is 0.361 e. The number of piperidine rings is 1. The summed E-state index contributed by atoms with van der Waals surface area (Å²) in [6.45, 7) is 6.73. The van der Waals surface area contributed by atoms with Gasteiger partial charge in [0.2, 0.25) is 5.91 Å². The minimum atomic E-state index is 0.210. The lowest BCUT2D eigenvalue weighted by Gasteiger charge is -2.35. The number of rotatable bonds is 3. The van der Waals surface area contributed by atoms with E-state index in [1.807, 2.05) is 18.7 Å². The molecular weight excluding hydrogens is 266 g/mol. The molecule has 0 radical (unpaired) electrons. The van der Waals surface area contributed by atoms with Crippen molar-refractivity contribution in [1.82, 2.24) is 15.4 Å². The molecule has 1 aromatic rings. The van der Waals surface area contributed by atoms with Crippen LogP contribution in [0.4, 0.5) is 0 Å². The molecule has 2 aliphatic heterocycles. The number of nitrogens with one attached hydrogen (secondary N) is 1. The Morgan fingerprint density at radius 1 is 1.33 bits per heavy atom. The van der Waals surface area contributed by atoms with Crippen LogP contribution in [0.3, 0.4) is 0 Å². The lowest BCUT2D eigenvalue weighted by molar-refractivity contribution is -0.132. The maximum Gasteiger partial charge on any atom is 0.227 e. The predicted molar refractivity (Wildman–Crippen MR) is 80.0 cm³/mol. The van der Waals surface area contributed by atoms with Gasteiger partial charge in [-0.25, -0.2) is 0 Å². The van der Waals surface area contributed by atoms with Gasteiger partial charge < -0.3 is 14.7 Å². The fourth-order valence-corrected chi connectivity index (χ4v) is 3.68. The monoisotopic (exact) mass is 291 g/mol. The minimum Gasteiger partial charge on any atom is -0.361 e. The summed E-state index contributed by atoms with van der Waals surface area (Å²) >= 11 is 0. The molecule has 0 bridgehead atoms. The summed E-state index contributed by atoms with van der Waals surface area (Å²) in [7, 11) is 0. The Morgan fingerprint density at radius 2 is 2.10 bits per heavy atom. The quantitative estimate of drug-likeness (QED) is 0.923. The maximum absolute atomic E-state index is 12.4. The van der Waals surface area contributed by atoms with Gasteiger partial charge in [-0.3, -0.25) is 4.79 Å². The van der Waals surface area contributed by atoms with E-state index < -0.39 is 0 Å². The van der Waals surface area contributed by atoms with E-state index in [9.17, 15) is 4.79 Å². The number of likely N-dealkylation sites (tertiary alicyclic amines) is 1. The molecule has 5 nitrogen and oxygen atoms in total. The van der Waals surface area contributed by atoms with Crippen LogP contribution < -0.4 is 5.32 Å². The molecular formula is C16H25N3O2. The predicted octanol–water partition coefficient (Wildman–Crippen LogP) is 1.82. The second-order valence-electron chi connectivity index (χ2n) is 6.40. The summed E-state index contributed by atoms with van der Waals surface area (Å²) < 4.78 is 5.14. The van der Waals surface area contributed by atoms with E-state index in [0.29, 0.717) is 12.5 Å². The summed E-state index contributed by atoms with van der Waals surface area (Å²) in [5.41, 5.74) is 1.80. The average molecular weight is 291 g/mol. The van der Waals surface area contributed by atoms with Gasteiger partial charge in [-0.1, -0.05) is 5.16 Å². The molecule has 116 valence electrons. The molecule has 2 saturated heterocycles. The van der Waals surface area contributed by atoms with Gasteiger partial charge in [-0.05, 0) is 52.0 Å². The molecule has 0 saturated carbocycles. The van der Waals surface area contributed by atoms with Crippen molar-refractivity contribution < 1.29 is 9.32 Å². The first-order valence-electron chi connectivity index (χ1n) is 8.08. The van der Waals surface area contributed by atoms with E-state index in [4.69, 9.17) is 4.52 Å². The first-order valence-corrected chi connectivity index (χ1v) is 8.08. The number of nitrogens with zero attached hydrogens (tertiary/aromatic N) is 2. The molecule has 2 fully saturated rings. The van der Waals surface area contributed by atoms with E-state index in [-0.39, 0.29) is 5.91 Å². The van der Waals surface area contributed by atoms with Crippen LogP contribution in [0, 0.1) is 19.8 Å². The van der Waals surface area contributed by atoms with Crippen molar-refractivity contribution in [3.63, 3.8) is 0 Å². The van der Waals surface area contributed by atoms with Crippen molar-refractivity contribution >= 4 is 5.91 Å². The Kier molecular flexibility index (Phi) is 4.29. The Hall–Kier alpha value is -1.36. The molecule has 0 aliphatic carbocycles. The van der Waals surface area contributed by atoms with Gasteiger partial charge >= 0.3 is 0 Å². The third-order valence-corrected chi connectivity index (χ3v) is 5.07. The number of hydrogen-bond donors (Lipinski definition) is 1. The van der Waals surface area contributed by atoms with Crippen molar-refractivity contribution in [2.45, 2.75) is 52.0 Å². The molecule has 3 heterocycles. The van der Waals surface area contributed by atoms with Crippen LogP contribution in [0.2, 0.25) is 0 Å². The second-order valence-corrected chi connectivity index (χ2v) is 6.40. The van der Waals surface area contributed by atoms with Crippen molar-refractivity contribution in [1.29, 1.82) is 0 Å². The number of hydrogen-bond acceptors (Lipinski definition) is 4. The molecule has 21 heavy (non-hydrogen) atoms. The van der Waals surface area contributed by atoms with Crippen LogP contribution in [0.1, 0.15) is 42.7 Å². The topological polar surface area (TPSA) is 58.4 Å². The van der Waals surface area contributed by atoms with Gasteiger partial charge in [0.15, 0.2) is 0 Å². The molecule has 1 aromatic heterocycles. The van der Waals surface area contributed by atoms with Crippen molar-refractivity contribution in [3.05, 3.63) is 17.0 Å². The average Bonchev–Trinajstić information content (AvgIpc) is 3.13. The summed E-state index contributed by atoms with van der Waals surface area (Å²) in [4.78, 5) is 14.4. The first-order chi connectivity index (χ1) is 10.1. The zero-order chi connectivity index (χ0) is 14.8. The standard InChI is InChI=1S/C16H25N3O2/c1-11-14(12(2)21-18-11)10-16(20)19-8-5-13(6-9-19)15-4-3-7-17-15/h13,15,17H,3-10H2,1-2H3. The fourth-order valence-electron chi connectivity index (χ4n) is 3.68. The van der Waals surface area contributed by atoms with E-state index >= 15 is 0 Å². The van der Waals surface area contributed by atoms with Crippen molar-refractivity contribution in [3.8, 4) is 0 Å². The summed E-state index contributed by atoms with van der Waals surface area (Å²) in [6.07, 6.45) is 5.29. The van der Waals surface area contributed by atoms with E-state index in [0.717, 1.165) is 55.4 Å². The van der Waals surface area contributed by atoms with Gasteiger partial charge in [-0.2, -0.15) is 0 Å². The van der Waals surface area contributed by atoms with Gasteiger partial charge in [-0.15, -0.1) is 0 Å². The van der Waals surface area contributed by atoms with Crippen molar-refractivity contribution in [2.75, 3.05) is 19.6 Å². The molecule has 1 unspecified atom stereocenters. The Balaban J connectivity index is 1.53. The fraction of sp³-hybridized carbons (Fsp3) is 0.750. The summed E-state index contributed by atoms with van der Waals surface area (Å²) in [6, 6.07) is 0.685. The van der Waals surface area contributed by atoms with Crippen LogP contribution in [-0.4, -0.2) is 41.6 Å². The zero-order valence-corrected chi connectivity index (χ0v) is 13.0. The van der Waals surface area contributed by atoms with E-state index in [1.54, 1.807) is 0 Å². The SMILES string of the molecule is Cc1noc(C)c1CC(=O)N1CCC(C2CCCN2)CC1.